The van der Waals surface area contributed by atoms with Crippen molar-refractivity contribution < 1.29 is 27.8 Å². The molecular weight excluding hydrogens is 435 g/mol. The molecule has 0 amide bonds. The van der Waals surface area contributed by atoms with Crippen LogP contribution < -0.4 is 9.64 Å². The summed E-state index contributed by atoms with van der Waals surface area (Å²) in [5.41, 5.74) is 1.97. The normalized spacial score (nSPS) is 17.2. The Balaban J connectivity index is 1.53. The summed E-state index contributed by atoms with van der Waals surface area (Å²) in [5, 5.41) is 9.29. The Kier molecular flexibility index (Phi) is 7.05. The summed E-state index contributed by atoms with van der Waals surface area (Å²) < 4.78 is 43.4. The molecule has 0 atom stereocenters. The molecule has 1 aliphatic heterocycles. The lowest BCUT2D eigenvalue weighted by Crippen LogP contribution is -2.37. The Bertz CT molecular complexity index is 954. The van der Waals surface area contributed by atoms with Crippen molar-refractivity contribution in [1.82, 2.24) is 9.97 Å². The topological polar surface area (TPSA) is 75.5 Å². The van der Waals surface area contributed by atoms with Gasteiger partial charge in [-0.15, -0.1) is 0 Å². The Morgan fingerprint density at radius 3 is 2.42 bits per heavy atom. The summed E-state index contributed by atoms with van der Waals surface area (Å²) in [6.45, 7) is 1.73. The number of nitrogens with zero attached hydrogens (tertiary/aromatic N) is 3. The zero-order valence-electron chi connectivity index (χ0n) is 18.4. The highest BCUT2D eigenvalue weighted by molar-refractivity contribution is 5.74. The van der Waals surface area contributed by atoms with Gasteiger partial charge in [-0.2, -0.15) is 13.2 Å². The Labute approximate surface area is 190 Å². The number of hydrogen-bond acceptors (Lipinski definition) is 5. The van der Waals surface area contributed by atoms with Gasteiger partial charge in [-0.05, 0) is 68.7 Å². The number of piperidine rings is 1. The fraction of sp³-hybridized carbons (Fsp3) is 0.542. The first-order valence-corrected chi connectivity index (χ1v) is 11.4. The van der Waals surface area contributed by atoms with Crippen LogP contribution in [-0.4, -0.2) is 46.9 Å². The number of carboxylic acid groups (broad SMARTS) is 1. The number of hydrogen-bond donors (Lipinski definition) is 1. The number of carboxylic acids is 1. The average Bonchev–Trinajstić information content (AvgIpc) is 3.62. The largest absolute Gasteiger partial charge is 0.493 e. The lowest BCUT2D eigenvalue weighted by molar-refractivity contribution is -0.142. The fourth-order valence-corrected chi connectivity index (χ4v) is 3.98. The number of alkyl halides is 3. The second-order valence-corrected chi connectivity index (χ2v) is 8.88. The highest BCUT2D eigenvalue weighted by Gasteiger charge is 2.28. The van der Waals surface area contributed by atoms with Gasteiger partial charge >= 0.3 is 12.1 Å². The van der Waals surface area contributed by atoms with Gasteiger partial charge in [0.2, 0.25) is 0 Å². The number of anilines is 1. The first-order valence-electron chi connectivity index (χ1n) is 11.4. The molecule has 0 bridgehead atoms. The Hall–Kier alpha value is -2.84. The molecule has 2 heterocycles. The van der Waals surface area contributed by atoms with Gasteiger partial charge in [0.05, 0.1) is 18.2 Å². The molecule has 1 N–H and O–H groups in total. The predicted molar refractivity (Wildman–Crippen MR) is 117 cm³/mol. The van der Waals surface area contributed by atoms with E-state index in [0.29, 0.717) is 49.1 Å². The third kappa shape index (κ3) is 6.58. The molecule has 2 fully saturated rings. The van der Waals surface area contributed by atoms with Crippen LogP contribution in [0.3, 0.4) is 0 Å². The van der Waals surface area contributed by atoms with Crippen molar-refractivity contribution in [2.75, 3.05) is 24.6 Å². The van der Waals surface area contributed by atoms with Gasteiger partial charge in [0.25, 0.3) is 0 Å². The quantitative estimate of drug-likeness (QED) is 0.557. The van der Waals surface area contributed by atoms with E-state index in [1.165, 1.54) is 19.0 Å². The number of aliphatic carboxylic acids is 1. The van der Waals surface area contributed by atoms with Crippen molar-refractivity contribution in [3.63, 3.8) is 0 Å². The summed E-state index contributed by atoms with van der Waals surface area (Å²) >= 11 is 0. The van der Waals surface area contributed by atoms with E-state index in [9.17, 15) is 23.1 Å². The van der Waals surface area contributed by atoms with Gasteiger partial charge in [-0.1, -0.05) is 0 Å². The summed E-state index contributed by atoms with van der Waals surface area (Å²) in [6, 6.07) is 7.58. The fourth-order valence-electron chi connectivity index (χ4n) is 3.98. The molecule has 1 aliphatic carbocycles. The predicted octanol–water partition coefficient (Wildman–Crippen LogP) is 5.12. The highest BCUT2D eigenvalue weighted by Crippen LogP contribution is 2.33. The Morgan fingerprint density at radius 1 is 1.12 bits per heavy atom. The SMILES string of the molecule is O=C(O)C1CCN(c2nc(CCCC(F)(F)F)cnc2-c2ccc(OCC3CC3)cc2)CC1. The number of rotatable bonds is 9. The zero-order valence-corrected chi connectivity index (χ0v) is 18.4. The molecule has 1 aromatic carbocycles. The van der Waals surface area contributed by atoms with Gasteiger partial charge in [-0.3, -0.25) is 9.78 Å². The smallest absolute Gasteiger partial charge is 0.389 e. The molecule has 1 aromatic heterocycles. The summed E-state index contributed by atoms with van der Waals surface area (Å²) in [4.78, 5) is 22.5. The maximum Gasteiger partial charge on any atom is 0.389 e. The van der Waals surface area contributed by atoms with Crippen LogP contribution in [0.1, 0.15) is 44.2 Å². The van der Waals surface area contributed by atoms with E-state index in [2.05, 4.69) is 9.97 Å². The maximum atomic E-state index is 12.5. The maximum absolute atomic E-state index is 12.5. The molecule has 178 valence electrons. The van der Waals surface area contributed by atoms with Crippen molar-refractivity contribution in [3.05, 3.63) is 36.2 Å². The molecule has 0 radical (unpaired) electrons. The molecule has 6 nitrogen and oxygen atoms in total. The average molecular weight is 464 g/mol. The molecule has 2 aromatic rings. The lowest BCUT2D eigenvalue weighted by atomic mass is 9.97. The van der Waals surface area contributed by atoms with E-state index in [1.807, 2.05) is 29.2 Å². The van der Waals surface area contributed by atoms with Crippen molar-refractivity contribution in [1.29, 1.82) is 0 Å². The number of ether oxygens (including phenoxy) is 1. The van der Waals surface area contributed by atoms with Crippen LogP contribution in [0, 0.1) is 11.8 Å². The minimum absolute atomic E-state index is 0.0505. The van der Waals surface area contributed by atoms with Crippen LogP contribution in [0.5, 0.6) is 5.75 Å². The van der Waals surface area contributed by atoms with Crippen LogP contribution in [0.4, 0.5) is 19.0 Å². The highest BCUT2D eigenvalue weighted by atomic mass is 19.4. The van der Waals surface area contributed by atoms with Crippen molar-refractivity contribution in [2.24, 2.45) is 11.8 Å². The minimum Gasteiger partial charge on any atom is -0.493 e. The van der Waals surface area contributed by atoms with E-state index >= 15 is 0 Å². The third-order valence-electron chi connectivity index (χ3n) is 6.15. The molecule has 9 heteroatoms. The number of carbonyl (C=O) groups is 1. The molecule has 4 rings (SSSR count). The third-order valence-corrected chi connectivity index (χ3v) is 6.15. The number of halogens is 3. The summed E-state index contributed by atoms with van der Waals surface area (Å²) in [6.07, 6.45) is 0.0126. The van der Waals surface area contributed by atoms with Crippen molar-refractivity contribution >= 4 is 11.8 Å². The number of benzene rings is 1. The van der Waals surface area contributed by atoms with Crippen molar-refractivity contribution in [2.45, 2.75) is 51.1 Å². The van der Waals surface area contributed by atoms with E-state index in [0.717, 1.165) is 17.9 Å². The first-order chi connectivity index (χ1) is 15.8. The molecular formula is C24H28F3N3O3. The van der Waals surface area contributed by atoms with Crippen LogP contribution in [0.2, 0.25) is 0 Å². The molecule has 33 heavy (non-hydrogen) atoms. The molecule has 2 aliphatic rings. The Morgan fingerprint density at radius 2 is 1.82 bits per heavy atom. The van der Waals surface area contributed by atoms with Gasteiger partial charge in [-0.25, -0.2) is 4.98 Å². The molecule has 1 saturated carbocycles. The number of aryl methyl sites for hydroxylation is 1. The lowest BCUT2D eigenvalue weighted by Gasteiger charge is -2.32. The van der Waals surface area contributed by atoms with Crippen molar-refractivity contribution in [3.8, 4) is 17.0 Å². The van der Waals surface area contributed by atoms with Crippen LogP contribution in [0.15, 0.2) is 30.5 Å². The van der Waals surface area contributed by atoms with Gasteiger partial charge < -0.3 is 14.7 Å². The first kappa shape index (κ1) is 23.3. The zero-order chi connectivity index (χ0) is 23.4. The molecule has 0 unspecified atom stereocenters. The summed E-state index contributed by atoms with van der Waals surface area (Å²) in [7, 11) is 0. The summed E-state index contributed by atoms with van der Waals surface area (Å²) in [5.74, 6) is 0.834. The van der Waals surface area contributed by atoms with E-state index in [1.54, 1.807) is 0 Å². The van der Waals surface area contributed by atoms with Gasteiger partial charge in [0.1, 0.15) is 11.4 Å². The van der Waals surface area contributed by atoms with E-state index < -0.39 is 24.5 Å². The standard InChI is InChI=1S/C24H28F3N3O3/c25-24(26,27)11-1-2-19-14-28-21(17-5-7-20(8-6-17)33-15-16-3-4-16)22(29-19)30-12-9-18(10-13-30)23(31)32/h5-8,14,16,18H,1-4,9-13,15H2,(H,31,32). The second kappa shape index (κ2) is 9.97. The van der Waals surface area contributed by atoms with Crippen LogP contribution in [0.25, 0.3) is 11.3 Å². The molecule has 0 spiro atoms. The monoisotopic (exact) mass is 463 g/mol. The minimum atomic E-state index is -4.20. The molecule has 1 saturated heterocycles. The van der Waals surface area contributed by atoms with E-state index in [4.69, 9.17) is 4.74 Å². The van der Waals surface area contributed by atoms with Crippen LogP contribution >= 0.6 is 0 Å². The number of aromatic nitrogens is 2. The second-order valence-electron chi connectivity index (χ2n) is 8.88. The van der Waals surface area contributed by atoms with Gasteiger partial charge in [0, 0.05) is 31.3 Å². The van der Waals surface area contributed by atoms with E-state index in [-0.39, 0.29) is 12.8 Å². The van der Waals surface area contributed by atoms with Gasteiger partial charge in [0.15, 0.2) is 5.82 Å². The van der Waals surface area contributed by atoms with Crippen LogP contribution in [-0.2, 0) is 11.2 Å².